The Bertz CT molecular complexity index is 413. The van der Waals surface area contributed by atoms with E-state index in [1.165, 1.54) is 0 Å². The maximum Gasteiger partial charge on any atom is 0.257 e. The molecule has 5 heteroatoms. The molecular weight excluding hydrogens is 264 g/mol. The van der Waals surface area contributed by atoms with Gasteiger partial charge < -0.3 is 15.4 Å². The number of ether oxygens (including phenoxy) is 1. The van der Waals surface area contributed by atoms with Gasteiger partial charge in [0.1, 0.15) is 5.75 Å². The second-order valence-electron chi connectivity index (χ2n) is 4.84. The predicted octanol–water partition coefficient (Wildman–Crippen LogP) is 1.44. The fourth-order valence-corrected chi connectivity index (χ4v) is 1.97. The summed E-state index contributed by atoms with van der Waals surface area (Å²) in [7, 11) is 0. The van der Waals surface area contributed by atoms with Gasteiger partial charge in [-0.25, -0.2) is 0 Å². The van der Waals surface area contributed by atoms with Gasteiger partial charge in [-0.15, -0.1) is 12.4 Å². The van der Waals surface area contributed by atoms with Crippen molar-refractivity contribution in [3.63, 3.8) is 0 Å². The molecule has 1 fully saturated rings. The van der Waals surface area contributed by atoms with E-state index in [1.807, 2.05) is 32.0 Å². The number of amides is 1. The summed E-state index contributed by atoms with van der Waals surface area (Å²) in [5, 5.41) is 6.07. The van der Waals surface area contributed by atoms with E-state index in [-0.39, 0.29) is 24.9 Å². The summed E-state index contributed by atoms with van der Waals surface area (Å²) >= 11 is 0. The average molecular weight is 285 g/mol. The van der Waals surface area contributed by atoms with Crippen molar-refractivity contribution in [2.45, 2.75) is 13.8 Å². The van der Waals surface area contributed by atoms with Crippen LogP contribution in [0.15, 0.2) is 18.2 Å². The van der Waals surface area contributed by atoms with Crippen LogP contribution in [0, 0.1) is 19.8 Å². The molecule has 0 atom stereocenters. The Morgan fingerprint density at radius 3 is 2.53 bits per heavy atom. The summed E-state index contributed by atoms with van der Waals surface area (Å²) < 4.78 is 5.59. The van der Waals surface area contributed by atoms with Crippen molar-refractivity contribution in [2.75, 3.05) is 26.2 Å². The Morgan fingerprint density at radius 1 is 1.37 bits per heavy atom. The van der Waals surface area contributed by atoms with Gasteiger partial charge in [0.25, 0.3) is 5.91 Å². The van der Waals surface area contributed by atoms with Crippen LogP contribution in [0.2, 0.25) is 0 Å². The maximum atomic E-state index is 11.6. The molecule has 19 heavy (non-hydrogen) atoms. The van der Waals surface area contributed by atoms with E-state index in [4.69, 9.17) is 4.74 Å². The van der Waals surface area contributed by atoms with Crippen molar-refractivity contribution in [3.05, 3.63) is 29.3 Å². The number of carbonyl (C=O) groups excluding carboxylic acids is 1. The molecule has 0 bridgehead atoms. The number of para-hydroxylation sites is 1. The first-order chi connectivity index (χ1) is 8.66. The molecule has 0 aliphatic carbocycles. The van der Waals surface area contributed by atoms with E-state index >= 15 is 0 Å². The predicted molar refractivity (Wildman–Crippen MR) is 78.0 cm³/mol. The number of benzene rings is 1. The molecule has 4 nitrogen and oxygen atoms in total. The fraction of sp³-hybridized carbons (Fsp3) is 0.500. The van der Waals surface area contributed by atoms with Crippen LogP contribution < -0.4 is 15.4 Å². The largest absolute Gasteiger partial charge is 0.483 e. The van der Waals surface area contributed by atoms with E-state index in [0.29, 0.717) is 5.92 Å². The smallest absolute Gasteiger partial charge is 0.257 e. The highest BCUT2D eigenvalue weighted by atomic mass is 35.5. The highest BCUT2D eigenvalue weighted by molar-refractivity contribution is 5.85. The van der Waals surface area contributed by atoms with Gasteiger partial charge in [-0.1, -0.05) is 18.2 Å². The molecule has 0 spiro atoms. The number of halogens is 1. The fourth-order valence-electron chi connectivity index (χ4n) is 1.97. The molecule has 1 aliphatic heterocycles. The van der Waals surface area contributed by atoms with Crippen LogP contribution in [-0.2, 0) is 4.79 Å². The lowest BCUT2D eigenvalue weighted by Crippen LogP contribution is -2.48. The van der Waals surface area contributed by atoms with Gasteiger partial charge in [0.2, 0.25) is 0 Å². The molecule has 2 rings (SSSR count). The normalized spacial score (nSPS) is 14.2. The van der Waals surface area contributed by atoms with Crippen molar-refractivity contribution in [1.29, 1.82) is 0 Å². The number of hydrogen-bond donors (Lipinski definition) is 2. The first-order valence-electron chi connectivity index (χ1n) is 6.33. The van der Waals surface area contributed by atoms with E-state index in [0.717, 1.165) is 36.5 Å². The van der Waals surface area contributed by atoms with E-state index in [9.17, 15) is 4.79 Å². The quantitative estimate of drug-likeness (QED) is 0.860. The van der Waals surface area contributed by atoms with Gasteiger partial charge in [-0.3, -0.25) is 4.79 Å². The van der Waals surface area contributed by atoms with Crippen LogP contribution in [0.5, 0.6) is 5.75 Å². The summed E-state index contributed by atoms with van der Waals surface area (Å²) in [6.45, 7) is 6.80. The lowest BCUT2D eigenvalue weighted by molar-refractivity contribution is -0.123. The zero-order valence-corrected chi connectivity index (χ0v) is 12.2. The van der Waals surface area contributed by atoms with Crippen LogP contribution in [0.1, 0.15) is 11.1 Å². The number of hydrogen-bond acceptors (Lipinski definition) is 3. The molecule has 1 saturated heterocycles. The first kappa shape index (κ1) is 15.8. The van der Waals surface area contributed by atoms with Gasteiger partial charge >= 0.3 is 0 Å². The van der Waals surface area contributed by atoms with Crippen molar-refractivity contribution in [1.82, 2.24) is 10.6 Å². The molecule has 2 N–H and O–H groups in total. The minimum atomic E-state index is -0.0513. The van der Waals surface area contributed by atoms with Gasteiger partial charge in [0.15, 0.2) is 6.61 Å². The number of carbonyl (C=O) groups is 1. The summed E-state index contributed by atoms with van der Waals surface area (Å²) in [6.07, 6.45) is 0. The van der Waals surface area contributed by atoms with Gasteiger partial charge in [-0.05, 0) is 25.0 Å². The highest BCUT2D eigenvalue weighted by Crippen LogP contribution is 2.21. The monoisotopic (exact) mass is 284 g/mol. The lowest BCUT2D eigenvalue weighted by Gasteiger charge is -2.27. The minimum Gasteiger partial charge on any atom is -0.483 e. The molecule has 0 radical (unpaired) electrons. The van der Waals surface area contributed by atoms with Crippen LogP contribution in [0.3, 0.4) is 0 Å². The van der Waals surface area contributed by atoms with Crippen molar-refractivity contribution < 1.29 is 9.53 Å². The average Bonchev–Trinajstić information content (AvgIpc) is 2.26. The molecule has 0 aromatic heterocycles. The molecule has 1 aromatic carbocycles. The Balaban J connectivity index is 0.00000180. The molecule has 1 aromatic rings. The van der Waals surface area contributed by atoms with Crippen LogP contribution in [-0.4, -0.2) is 32.1 Å². The van der Waals surface area contributed by atoms with Crippen LogP contribution >= 0.6 is 12.4 Å². The molecule has 0 unspecified atom stereocenters. The second kappa shape index (κ2) is 7.36. The highest BCUT2D eigenvalue weighted by Gasteiger charge is 2.17. The van der Waals surface area contributed by atoms with Crippen molar-refractivity contribution >= 4 is 18.3 Å². The van der Waals surface area contributed by atoms with Crippen molar-refractivity contribution in [2.24, 2.45) is 5.92 Å². The van der Waals surface area contributed by atoms with Crippen LogP contribution in [0.25, 0.3) is 0 Å². The van der Waals surface area contributed by atoms with Gasteiger partial charge in [0, 0.05) is 25.6 Å². The van der Waals surface area contributed by atoms with Crippen molar-refractivity contribution in [3.8, 4) is 5.75 Å². The molecular formula is C14H21ClN2O2. The Labute approximate surface area is 120 Å². The maximum absolute atomic E-state index is 11.6. The Morgan fingerprint density at radius 2 is 2.00 bits per heavy atom. The number of nitrogens with one attached hydrogen (secondary N) is 2. The summed E-state index contributed by atoms with van der Waals surface area (Å²) in [6, 6.07) is 5.96. The molecule has 0 saturated carbocycles. The van der Waals surface area contributed by atoms with Gasteiger partial charge in [0.05, 0.1) is 0 Å². The lowest BCUT2D eigenvalue weighted by atomic mass is 10.0. The third kappa shape index (κ3) is 4.40. The summed E-state index contributed by atoms with van der Waals surface area (Å²) in [5.41, 5.74) is 2.12. The van der Waals surface area contributed by atoms with Crippen LogP contribution in [0.4, 0.5) is 0 Å². The first-order valence-corrected chi connectivity index (χ1v) is 6.33. The molecule has 1 heterocycles. The standard InChI is InChI=1S/C14H20N2O2.ClH/c1-10-4-3-5-11(2)14(10)18-9-13(17)16-8-12-6-15-7-12;/h3-5,12,15H,6-9H2,1-2H3,(H,16,17);1H. The minimum absolute atomic E-state index is 0. The molecule has 1 aliphatic rings. The number of aryl methyl sites for hydroxylation is 2. The third-order valence-electron chi connectivity index (χ3n) is 3.21. The third-order valence-corrected chi connectivity index (χ3v) is 3.21. The zero-order valence-electron chi connectivity index (χ0n) is 11.4. The Kier molecular flexibility index (Phi) is 6.12. The van der Waals surface area contributed by atoms with Gasteiger partial charge in [-0.2, -0.15) is 0 Å². The topological polar surface area (TPSA) is 50.4 Å². The molecule has 1 amide bonds. The zero-order chi connectivity index (χ0) is 13.0. The van der Waals surface area contributed by atoms with E-state index in [1.54, 1.807) is 0 Å². The summed E-state index contributed by atoms with van der Waals surface area (Å²) in [4.78, 5) is 11.6. The SMILES string of the molecule is Cc1cccc(C)c1OCC(=O)NCC1CNC1.Cl. The Hall–Kier alpha value is -1.26. The molecule has 106 valence electrons. The number of rotatable bonds is 5. The van der Waals surface area contributed by atoms with E-state index < -0.39 is 0 Å². The second-order valence-corrected chi connectivity index (χ2v) is 4.84. The summed E-state index contributed by atoms with van der Waals surface area (Å²) in [5.74, 6) is 1.34. The van der Waals surface area contributed by atoms with E-state index in [2.05, 4.69) is 10.6 Å².